The normalized spacial score (nSPS) is 14.6. The molecule has 2 aromatic carbocycles. The highest BCUT2D eigenvalue weighted by molar-refractivity contribution is 7.99. The number of rotatable bonds is 3. The first-order chi connectivity index (χ1) is 13.0. The minimum Gasteiger partial charge on any atom is -0.346 e. The first kappa shape index (κ1) is 17.9. The second kappa shape index (κ2) is 7.23. The standard InChI is InChI=1S/C20H16F3N3S/c21-20(22,23)19-24-17(15-9-5-2-6-10-15)16(14-7-3-1-4-8-14)18(25-19)26-11-12-27-13-26/h1-10H,11-13H2. The molecule has 0 radical (unpaired) electrons. The Morgan fingerprint density at radius 2 is 1.48 bits per heavy atom. The number of hydrogen-bond acceptors (Lipinski definition) is 4. The molecule has 0 unspecified atom stereocenters. The highest BCUT2D eigenvalue weighted by Gasteiger charge is 2.37. The number of thioether (sulfide) groups is 1. The van der Waals surface area contributed by atoms with Crippen molar-refractivity contribution in [1.29, 1.82) is 0 Å². The number of alkyl halides is 3. The quantitative estimate of drug-likeness (QED) is 0.607. The van der Waals surface area contributed by atoms with Crippen LogP contribution < -0.4 is 4.90 Å². The Balaban J connectivity index is 2.03. The fourth-order valence-electron chi connectivity index (χ4n) is 3.06. The molecule has 27 heavy (non-hydrogen) atoms. The monoisotopic (exact) mass is 387 g/mol. The summed E-state index contributed by atoms with van der Waals surface area (Å²) in [5.41, 5.74) is 2.38. The third-order valence-electron chi connectivity index (χ3n) is 4.31. The molecule has 4 rings (SSSR count). The van der Waals surface area contributed by atoms with Gasteiger partial charge in [-0.15, -0.1) is 11.8 Å². The molecule has 0 saturated carbocycles. The number of anilines is 1. The van der Waals surface area contributed by atoms with Crippen molar-refractivity contribution in [3.63, 3.8) is 0 Å². The number of hydrogen-bond donors (Lipinski definition) is 0. The van der Waals surface area contributed by atoms with Crippen LogP contribution in [-0.2, 0) is 6.18 Å². The molecule has 1 aromatic heterocycles. The third kappa shape index (κ3) is 3.64. The van der Waals surface area contributed by atoms with Gasteiger partial charge in [0, 0.05) is 17.9 Å². The van der Waals surface area contributed by atoms with E-state index in [0.717, 1.165) is 11.3 Å². The molecule has 7 heteroatoms. The van der Waals surface area contributed by atoms with Crippen LogP contribution in [0.3, 0.4) is 0 Å². The molecule has 1 aliphatic heterocycles. The van der Waals surface area contributed by atoms with E-state index in [9.17, 15) is 13.2 Å². The van der Waals surface area contributed by atoms with Gasteiger partial charge in [0.15, 0.2) is 0 Å². The summed E-state index contributed by atoms with van der Waals surface area (Å²) in [6.45, 7) is 0.660. The van der Waals surface area contributed by atoms with Gasteiger partial charge in [0.1, 0.15) is 5.82 Å². The van der Waals surface area contributed by atoms with Crippen LogP contribution in [0.25, 0.3) is 22.4 Å². The molecule has 0 amide bonds. The molecular formula is C20H16F3N3S. The molecule has 0 spiro atoms. The Morgan fingerprint density at radius 3 is 2.04 bits per heavy atom. The maximum atomic E-state index is 13.5. The fourth-order valence-corrected chi connectivity index (χ4v) is 4.01. The van der Waals surface area contributed by atoms with E-state index in [2.05, 4.69) is 9.97 Å². The van der Waals surface area contributed by atoms with Crippen LogP contribution >= 0.6 is 11.8 Å². The smallest absolute Gasteiger partial charge is 0.346 e. The highest BCUT2D eigenvalue weighted by atomic mass is 32.2. The fraction of sp³-hybridized carbons (Fsp3) is 0.200. The van der Waals surface area contributed by atoms with Gasteiger partial charge in [0.25, 0.3) is 0 Å². The van der Waals surface area contributed by atoms with Crippen LogP contribution in [0.2, 0.25) is 0 Å². The van der Waals surface area contributed by atoms with Gasteiger partial charge in [-0.25, -0.2) is 9.97 Å². The minimum absolute atomic E-state index is 0.302. The molecule has 1 saturated heterocycles. The van der Waals surface area contributed by atoms with E-state index in [-0.39, 0.29) is 0 Å². The van der Waals surface area contributed by atoms with E-state index < -0.39 is 12.0 Å². The maximum Gasteiger partial charge on any atom is 0.451 e. The Labute approximate surface area is 159 Å². The Kier molecular flexibility index (Phi) is 4.78. The molecule has 0 atom stereocenters. The molecule has 0 N–H and O–H groups in total. The molecule has 3 nitrogen and oxygen atoms in total. The highest BCUT2D eigenvalue weighted by Crippen LogP contribution is 2.41. The second-order valence-electron chi connectivity index (χ2n) is 6.13. The first-order valence-electron chi connectivity index (χ1n) is 8.47. The molecular weight excluding hydrogens is 371 g/mol. The van der Waals surface area contributed by atoms with Crippen molar-refractivity contribution in [3.05, 3.63) is 66.5 Å². The topological polar surface area (TPSA) is 29.0 Å². The molecule has 138 valence electrons. The zero-order chi connectivity index (χ0) is 18.9. The van der Waals surface area contributed by atoms with Crippen LogP contribution in [0.15, 0.2) is 60.7 Å². The van der Waals surface area contributed by atoms with Gasteiger partial charge in [-0.05, 0) is 5.56 Å². The van der Waals surface area contributed by atoms with Gasteiger partial charge in [0.2, 0.25) is 5.82 Å². The molecule has 0 bridgehead atoms. The largest absolute Gasteiger partial charge is 0.451 e. The Hall–Kier alpha value is -2.54. The van der Waals surface area contributed by atoms with Crippen LogP contribution in [-0.4, -0.2) is 28.1 Å². The van der Waals surface area contributed by atoms with Crippen LogP contribution in [0.5, 0.6) is 0 Å². The van der Waals surface area contributed by atoms with Crippen molar-refractivity contribution in [1.82, 2.24) is 9.97 Å². The summed E-state index contributed by atoms with van der Waals surface area (Å²) in [6.07, 6.45) is -4.61. The van der Waals surface area contributed by atoms with E-state index in [4.69, 9.17) is 0 Å². The van der Waals surface area contributed by atoms with Gasteiger partial charge < -0.3 is 4.90 Å². The Bertz CT molecular complexity index is 924. The van der Waals surface area contributed by atoms with E-state index in [1.54, 1.807) is 36.0 Å². The molecule has 2 heterocycles. The van der Waals surface area contributed by atoms with E-state index in [0.29, 0.717) is 35.1 Å². The predicted octanol–water partition coefficient (Wildman–Crippen LogP) is 5.34. The second-order valence-corrected chi connectivity index (χ2v) is 7.20. The zero-order valence-electron chi connectivity index (χ0n) is 14.3. The van der Waals surface area contributed by atoms with Gasteiger partial charge in [-0.3, -0.25) is 0 Å². The number of nitrogens with zero attached hydrogens (tertiary/aromatic N) is 3. The lowest BCUT2D eigenvalue weighted by atomic mass is 9.99. The van der Waals surface area contributed by atoms with Crippen molar-refractivity contribution in [2.24, 2.45) is 0 Å². The zero-order valence-corrected chi connectivity index (χ0v) is 15.1. The lowest BCUT2D eigenvalue weighted by molar-refractivity contribution is -0.144. The summed E-state index contributed by atoms with van der Waals surface area (Å²) in [5, 5.41) is 0. The van der Waals surface area contributed by atoms with E-state index >= 15 is 0 Å². The number of halogens is 3. The van der Waals surface area contributed by atoms with Crippen LogP contribution in [0.4, 0.5) is 19.0 Å². The van der Waals surface area contributed by atoms with Gasteiger partial charge in [-0.1, -0.05) is 60.7 Å². The summed E-state index contributed by atoms with van der Waals surface area (Å²) in [4.78, 5) is 9.82. The third-order valence-corrected chi connectivity index (χ3v) is 5.27. The summed E-state index contributed by atoms with van der Waals surface area (Å²) in [7, 11) is 0. The van der Waals surface area contributed by atoms with Crippen LogP contribution in [0.1, 0.15) is 5.82 Å². The maximum absolute atomic E-state index is 13.5. The van der Waals surface area contributed by atoms with E-state index in [1.165, 1.54) is 0 Å². The summed E-state index contributed by atoms with van der Waals surface area (Å²) >= 11 is 1.68. The lowest BCUT2D eigenvalue weighted by Crippen LogP contribution is -2.23. The van der Waals surface area contributed by atoms with Crippen molar-refractivity contribution in [2.75, 3.05) is 23.1 Å². The van der Waals surface area contributed by atoms with Crippen molar-refractivity contribution in [2.45, 2.75) is 6.18 Å². The molecule has 0 aliphatic carbocycles. The predicted molar refractivity (Wildman–Crippen MR) is 103 cm³/mol. The van der Waals surface area contributed by atoms with Crippen molar-refractivity contribution < 1.29 is 13.2 Å². The Morgan fingerprint density at radius 1 is 0.852 bits per heavy atom. The summed E-state index contributed by atoms with van der Waals surface area (Å²) < 4.78 is 40.6. The molecule has 3 aromatic rings. The summed E-state index contributed by atoms with van der Waals surface area (Å²) in [5.74, 6) is 0.711. The van der Waals surface area contributed by atoms with Crippen molar-refractivity contribution in [3.8, 4) is 22.4 Å². The molecule has 1 fully saturated rings. The van der Waals surface area contributed by atoms with Crippen molar-refractivity contribution >= 4 is 17.6 Å². The van der Waals surface area contributed by atoms with Gasteiger partial charge in [0.05, 0.1) is 17.1 Å². The lowest BCUT2D eigenvalue weighted by Gasteiger charge is -2.23. The number of benzene rings is 2. The number of aromatic nitrogens is 2. The average molecular weight is 387 g/mol. The average Bonchev–Trinajstić information content (AvgIpc) is 3.22. The first-order valence-corrected chi connectivity index (χ1v) is 9.62. The van der Waals surface area contributed by atoms with Crippen LogP contribution in [0, 0.1) is 0 Å². The minimum atomic E-state index is -4.61. The SMILES string of the molecule is FC(F)(F)c1nc(-c2ccccc2)c(-c2ccccc2)c(N2CCSC2)n1. The van der Waals surface area contributed by atoms with Gasteiger partial charge >= 0.3 is 6.18 Å². The summed E-state index contributed by atoms with van der Waals surface area (Å²) in [6, 6.07) is 18.3. The van der Waals surface area contributed by atoms with E-state index in [1.807, 2.05) is 41.3 Å². The molecule has 1 aliphatic rings. The van der Waals surface area contributed by atoms with Gasteiger partial charge in [-0.2, -0.15) is 13.2 Å².